The average Bonchev–Trinajstić information content (AvgIpc) is 3.37. The number of carbonyl (C=O) groups excluding carboxylic acids is 1. The van der Waals surface area contributed by atoms with E-state index in [9.17, 15) is 9.59 Å². The number of amides is 1. The Bertz CT molecular complexity index is 1410. The molecule has 1 aliphatic rings. The number of benzene rings is 2. The molecule has 3 heterocycles. The van der Waals surface area contributed by atoms with Crippen molar-refractivity contribution < 1.29 is 13.9 Å². The molecule has 0 radical (unpaired) electrons. The first-order valence-electron chi connectivity index (χ1n) is 10.1. The molecule has 9 heteroatoms. The number of methoxy groups -OCH3 is 1. The second-order valence-corrected chi connectivity index (χ2v) is 9.35. The zero-order valence-corrected chi connectivity index (χ0v) is 19.7. The lowest BCUT2D eigenvalue weighted by Gasteiger charge is -2.22. The molecule has 4 aromatic rings. The highest BCUT2D eigenvalue weighted by molar-refractivity contribution is 9.10. The van der Waals surface area contributed by atoms with E-state index in [1.54, 1.807) is 25.3 Å². The molecule has 1 aliphatic heterocycles. The highest BCUT2D eigenvalue weighted by atomic mass is 79.9. The Labute approximate surface area is 195 Å². The van der Waals surface area contributed by atoms with E-state index in [1.165, 1.54) is 16.2 Å². The Morgan fingerprint density at radius 1 is 1.19 bits per heavy atom. The fourth-order valence-corrected chi connectivity index (χ4v) is 5.25. The molecule has 2 aromatic heterocycles. The van der Waals surface area contributed by atoms with Crippen LogP contribution < -0.4 is 15.1 Å². The highest BCUT2D eigenvalue weighted by Gasteiger charge is 2.45. The van der Waals surface area contributed by atoms with Gasteiger partial charge in [-0.3, -0.25) is 14.5 Å². The SMILES string of the molecule is CCCc1nnc(N2C(=O)c3oc4ccc(Br)cc4c(=O)c3C2c2cccc(OC)c2)s1. The van der Waals surface area contributed by atoms with E-state index < -0.39 is 11.9 Å². The van der Waals surface area contributed by atoms with Gasteiger partial charge in [0.1, 0.15) is 16.3 Å². The maximum atomic E-state index is 13.6. The van der Waals surface area contributed by atoms with E-state index in [0.717, 1.165) is 27.9 Å². The summed E-state index contributed by atoms with van der Waals surface area (Å²) in [7, 11) is 1.58. The van der Waals surface area contributed by atoms with Gasteiger partial charge in [-0.2, -0.15) is 0 Å². The monoisotopic (exact) mass is 511 g/mol. The van der Waals surface area contributed by atoms with Crippen LogP contribution in [0.4, 0.5) is 5.13 Å². The van der Waals surface area contributed by atoms with Crippen LogP contribution in [0.15, 0.2) is 56.1 Å². The van der Waals surface area contributed by atoms with Crippen molar-refractivity contribution >= 4 is 49.3 Å². The first kappa shape index (κ1) is 20.8. The number of ether oxygens (including phenoxy) is 1. The predicted molar refractivity (Wildman–Crippen MR) is 126 cm³/mol. The van der Waals surface area contributed by atoms with Crippen LogP contribution in [0.2, 0.25) is 0 Å². The number of hydrogen-bond donors (Lipinski definition) is 0. The molecule has 7 nitrogen and oxygen atoms in total. The number of halogens is 1. The number of fused-ring (bicyclic) bond motifs is 2. The van der Waals surface area contributed by atoms with E-state index >= 15 is 0 Å². The minimum atomic E-state index is -0.699. The van der Waals surface area contributed by atoms with Crippen molar-refractivity contribution in [3.8, 4) is 5.75 Å². The van der Waals surface area contributed by atoms with Gasteiger partial charge in [-0.05, 0) is 42.3 Å². The number of anilines is 1. The fourth-order valence-electron chi connectivity index (χ4n) is 3.93. The van der Waals surface area contributed by atoms with Crippen LogP contribution >= 0.6 is 27.3 Å². The van der Waals surface area contributed by atoms with Crippen LogP contribution in [0.5, 0.6) is 5.75 Å². The van der Waals surface area contributed by atoms with Gasteiger partial charge in [0.15, 0.2) is 5.43 Å². The average molecular weight is 512 g/mol. The van der Waals surface area contributed by atoms with Crippen LogP contribution in [-0.4, -0.2) is 23.2 Å². The van der Waals surface area contributed by atoms with Crippen molar-refractivity contribution in [2.45, 2.75) is 25.8 Å². The minimum absolute atomic E-state index is 0.0323. The fraction of sp³-hybridized carbons (Fsp3) is 0.217. The van der Waals surface area contributed by atoms with Gasteiger partial charge in [-0.25, -0.2) is 0 Å². The maximum absolute atomic E-state index is 13.6. The smallest absolute Gasteiger partial charge is 0.297 e. The molecule has 2 aromatic carbocycles. The molecule has 162 valence electrons. The quantitative estimate of drug-likeness (QED) is 0.369. The Hall–Kier alpha value is -3.04. The molecule has 0 bridgehead atoms. The third-order valence-electron chi connectivity index (χ3n) is 5.37. The summed E-state index contributed by atoms with van der Waals surface area (Å²) in [5.41, 5.74) is 1.14. The predicted octanol–water partition coefficient (Wildman–Crippen LogP) is 5.12. The summed E-state index contributed by atoms with van der Waals surface area (Å²) in [6.07, 6.45) is 1.69. The summed E-state index contributed by atoms with van der Waals surface area (Å²) >= 11 is 4.76. The van der Waals surface area contributed by atoms with Crippen LogP contribution in [0.3, 0.4) is 0 Å². The number of carbonyl (C=O) groups is 1. The zero-order valence-electron chi connectivity index (χ0n) is 17.3. The second kappa shape index (κ2) is 8.14. The van der Waals surface area contributed by atoms with Gasteiger partial charge < -0.3 is 9.15 Å². The zero-order chi connectivity index (χ0) is 22.4. The standard InChI is InChI=1S/C23H18BrN3O4S/c1-3-5-17-25-26-23(32-17)27-19(12-6-4-7-14(10-12)30-2)18-20(28)15-11-13(24)8-9-16(15)31-21(18)22(27)29/h4,6-11,19H,3,5H2,1-2H3. The van der Waals surface area contributed by atoms with Gasteiger partial charge in [0.2, 0.25) is 10.9 Å². The first-order valence-corrected chi connectivity index (χ1v) is 11.7. The van der Waals surface area contributed by atoms with Crippen molar-refractivity contribution in [3.63, 3.8) is 0 Å². The molecule has 0 aliphatic carbocycles. The Morgan fingerprint density at radius 2 is 2.03 bits per heavy atom. The Morgan fingerprint density at radius 3 is 2.81 bits per heavy atom. The third kappa shape index (κ3) is 3.32. The van der Waals surface area contributed by atoms with E-state index in [2.05, 4.69) is 33.1 Å². The van der Waals surface area contributed by atoms with Crippen molar-refractivity contribution in [2.75, 3.05) is 12.0 Å². The molecule has 0 saturated carbocycles. The Kier molecular flexibility index (Phi) is 5.30. The first-order chi connectivity index (χ1) is 15.5. The summed E-state index contributed by atoms with van der Waals surface area (Å²) in [5.74, 6) is 0.249. The van der Waals surface area contributed by atoms with Gasteiger partial charge in [-0.1, -0.05) is 46.3 Å². The molecule has 0 spiro atoms. The number of rotatable bonds is 5. The van der Waals surface area contributed by atoms with Crippen LogP contribution in [-0.2, 0) is 6.42 Å². The number of hydrogen-bond acceptors (Lipinski definition) is 7. The second-order valence-electron chi connectivity index (χ2n) is 7.40. The largest absolute Gasteiger partial charge is 0.497 e. The molecule has 1 unspecified atom stereocenters. The van der Waals surface area contributed by atoms with Gasteiger partial charge in [0, 0.05) is 10.9 Å². The number of nitrogens with zero attached hydrogens (tertiary/aromatic N) is 3. The molecule has 1 atom stereocenters. The van der Waals surface area contributed by atoms with Crippen molar-refractivity contribution in [3.05, 3.63) is 79.1 Å². The van der Waals surface area contributed by atoms with Crippen LogP contribution in [0, 0.1) is 0 Å². The van der Waals surface area contributed by atoms with E-state index in [1.807, 2.05) is 24.3 Å². The van der Waals surface area contributed by atoms with E-state index in [-0.39, 0.29) is 11.2 Å². The lowest BCUT2D eigenvalue weighted by atomic mass is 9.98. The minimum Gasteiger partial charge on any atom is -0.497 e. The molecule has 0 fully saturated rings. The maximum Gasteiger partial charge on any atom is 0.297 e. The normalized spacial score (nSPS) is 15.4. The number of aromatic nitrogens is 2. The Balaban J connectivity index is 1.77. The van der Waals surface area contributed by atoms with Gasteiger partial charge in [0.25, 0.3) is 5.91 Å². The van der Waals surface area contributed by atoms with Crippen LogP contribution in [0.25, 0.3) is 11.0 Å². The molecular formula is C23H18BrN3O4S. The van der Waals surface area contributed by atoms with Crippen molar-refractivity contribution in [1.82, 2.24) is 10.2 Å². The summed E-state index contributed by atoms with van der Waals surface area (Å²) in [6, 6.07) is 11.8. The van der Waals surface area contributed by atoms with Gasteiger partial charge >= 0.3 is 0 Å². The van der Waals surface area contributed by atoms with Gasteiger partial charge in [0.05, 0.1) is 24.1 Å². The van der Waals surface area contributed by atoms with E-state index in [4.69, 9.17) is 9.15 Å². The molecular weight excluding hydrogens is 494 g/mol. The van der Waals surface area contributed by atoms with Gasteiger partial charge in [-0.15, -0.1) is 10.2 Å². The summed E-state index contributed by atoms with van der Waals surface area (Å²) < 4.78 is 12.1. The number of aryl methyl sites for hydroxylation is 1. The lowest BCUT2D eigenvalue weighted by molar-refractivity contribution is 0.0970. The summed E-state index contributed by atoms with van der Waals surface area (Å²) in [6.45, 7) is 2.06. The molecule has 1 amide bonds. The summed E-state index contributed by atoms with van der Waals surface area (Å²) in [5, 5.41) is 10.2. The highest BCUT2D eigenvalue weighted by Crippen LogP contribution is 2.42. The van der Waals surface area contributed by atoms with Crippen molar-refractivity contribution in [2.24, 2.45) is 0 Å². The topological polar surface area (TPSA) is 85.5 Å². The van der Waals surface area contributed by atoms with E-state index in [0.29, 0.717) is 27.4 Å². The lowest BCUT2D eigenvalue weighted by Crippen LogP contribution is -2.29. The third-order valence-corrected chi connectivity index (χ3v) is 6.84. The van der Waals surface area contributed by atoms with Crippen LogP contribution in [0.1, 0.15) is 46.1 Å². The molecule has 0 saturated heterocycles. The molecule has 0 N–H and O–H groups in total. The van der Waals surface area contributed by atoms with Crippen molar-refractivity contribution in [1.29, 1.82) is 0 Å². The molecule has 5 rings (SSSR count). The molecule has 32 heavy (non-hydrogen) atoms. The summed E-state index contributed by atoms with van der Waals surface area (Å²) in [4.78, 5) is 28.7.